The largest absolute Gasteiger partial charge is 0.465 e. The molecule has 0 amide bonds. The summed E-state index contributed by atoms with van der Waals surface area (Å²) in [6.45, 7) is 20.3. The fourth-order valence-electron chi connectivity index (χ4n) is 6.86. The van der Waals surface area contributed by atoms with E-state index in [0.717, 1.165) is 41.9 Å². The Bertz CT molecular complexity index is 2200. The Labute approximate surface area is 372 Å². The van der Waals surface area contributed by atoms with Crippen molar-refractivity contribution in [1.82, 2.24) is 0 Å². The fourth-order valence-corrected chi connectivity index (χ4v) is 8.55. The second-order valence-corrected chi connectivity index (χ2v) is 26.9. The molecule has 0 saturated carbocycles. The predicted molar refractivity (Wildman–Crippen MR) is 252 cm³/mol. The number of rotatable bonds is 14. The molecule has 0 saturated heterocycles. The van der Waals surface area contributed by atoms with Gasteiger partial charge in [-0.1, -0.05) is 134 Å². The SMILES string of the molecule is CC1(C)CC(/C=C/c2ccc(N(CCOS(C)(C)C(C)(C)C)CCOS(C)(C)C(C)(C)C)cc2)=CC(=C/C=C/C2=C(C#N)C(=C(C#N)C#N)O[C@@]2(c2ccccc2)C(F)(F)F)/C1. The van der Waals surface area contributed by atoms with Crippen LogP contribution in [0.1, 0.15) is 79.4 Å². The van der Waals surface area contributed by atoms with Gasteiger partial charge in [-0.05, 0) is 72.1 Å². The summed E-state index contributed by atoms with van der Waals surface area (Å²) < 4.78 is 64.4. The Hall–Kier alpha value is -4.64. The molecule has 0 aromatic heterocycles. The first-order chi connectivity index (χ1) is 28.7. The van der Waals surface area contributed by atoms with Crippen LogP contribution in [0.2, 0.25) is 0 Å². The first kappa shape index (κ1) is 50.0. The Morgan fingerprint density at radius 3 is 1.82 bits per heavy atom. The molecule has 0 radical (unpaired) electrons. The van der Waals surface area contributed by atoms with Gasteiger partial charge in [-0.3, -0.25) is 0 Å². The summed E-state index contributed by atoms with van der Waals surface area (Å²) in [7, 11) is -2.55. The van der Waals surface area contributed by atoms with E-state index in [9.17, 15) is 15.8 Å². The van der Waals surface area contributed by atoms with Crippen molar-refractivity contribution in [1.29, 1.82) is 15.8 Å². The Kier molecular flexibility index (Phi) is 15.6. The van der Waals surface area contributed by atoms with E-state index in [0.29, 0.717) is 19.6 Å². The van der Waals surface area contributed by atoms with Crippen molar-refractivity contribution in [2.75, 3.05) is 56.2 Å². The number of halogens is 3. The monoisotopic (exact) mass is 888 g/mol. The van der Waals surface area contributed by atoms with Gasteiger partial charge in [0.2, 0.25) is 0 Å². The van der Waals surface area contributed by atoms with E-state index >= 15 is 13.2 Å². The lowest BCUT2D eigenvalue weighted by Gasteiger charge is -2.45. The molecule has 0 unspecified atom stereocenters. The average molecular weight is 889 g/mol. The lowest BCUT2D eigenvalue weighted by molar-refractivity contribution is -0.249. The summed E-state index contributed by atoms with van der Waals surface area (Å²) in [5.74, 6) is -0.692. The van der Waals surface area contributed by atoms with Crippen molar-refractivity contribution in [2.45, 2.75) is 89.5 Å². The van der Waals surface area contributed by atoms with Crippen LogP contribution >= 0.6 is 20.6 Å². The third-order valence-electron chi connectivity index (χ3n) is 11.8. The summed E-state index contributed by atoms with van der Waals surface area (Å²) in [6, 6.07) is 20.3. The van der Waals surface area contributed by atoms with Crippen molar-refractivity contribution in [2.24, 2.45) is 5.41 Å². The second kappa shape index (κ2) is 19.4. The van der Waals surface area contributed by atoms with Crippen LogP contribution in [0.3, 0.4) is 0 Å². The van der Waals surface area contributed by atoms with Crippen LogP contribution in [0, 0.1) is 39.4 Å². The summed E-state index contributed by atoms with van der Waals surface area (Å²) in [5.41, 5.74) is -1.23. The number of hydrogen-bond acceptors (Lipinski definition) is 7. The van der Waals surface area contributed by atoms with Crippen molar-refractivity contribution < 1.29 is 26.3 Å². The molecule has 0 spiro atoms. The summed E-state index contributed by atoms with van der Waals surface area (Å²) in [6.07, 6.45) is 15.9. The molecule has 1 heterocycles. The zero-order valence-corrected chi connectivity index (χ0v) is 40.0. The molecule has 2 aliphatic rings. The van der Waals surface area contributed by atoms with Crippen LogP contribution in [-0.2, 0) is 18.7 Å². The van der Waals surface area contributed by atoms with Gasteiger partial charge in [-0.2, -0.15) is 29.0 Å². The average Bonchev–Trinajstić information content (AvgIpc) is 3.51. The van der Waals surface area contributed by atoms with Gasteiger partial charge in [0.05, 0.1) is 13.2 Å². The van der Waals surface area contributed by atoms with Gasteiger partial charge >= 0.3 is 6.18 Å². The van der Waals surface area contributed by atoms with Gasteiger partial charge in [0.25, 0.3) is 5.60 Å². The number of alkyl halides is 3. The molecule has 0 N–H and O–H groups in total. The first-order valence-electron chi connectivity index (χ1n) is 20.6. The smallest absolute Gasteiger partial charge is 0.437 e. The van der Waals surface area contributed by atoms with Gasteiger partial charge in [-0.15, -0.1) is 20.6 Å². The summed E-state index contributed by atoms with van der Waals surface area (Å²) in [4.78, 5) is 2.33. The first-order valence-corrected chi connectivity index (χ1v) is 25.3. The van der Waals surface area contributed by atoms with Gasteiger partial charge in [0, 0.05) is 39.4 Å². The molecule has 7 nitrogen and oxygen atoms in total. The summed E-state index contributed by atoms with van der Waals surface area (Å²) >= 11 is 0. The zero-order chi connectivity index (χ0) is 46.4. The number of nitriles is 3. The molecule has 334 valence electrons. The zero-order valence-electron chi connectivity index (χ0n) is 38.4. The molecule has 62 heavy (non-hydrogen) atoms. The van der Waals surface area contributed by atoms with E-state index in [-0.39, 0.29) is 20.5 Å². The molecule has 1 aliphatic heterocycles. The highest BCUT2D eigenvalue weighted by Gasteiger charge is 2.65. The van der Waals surface area contributed by atoms with E-state index in [4.69, 9.17) is 13.1 Å². The number of nitrogens with zero attached hydrogens (tertiary/aromatic N) is 4. The minimum absolute atomic E-state index is 0.0631. The van der Waals surface area contributed by atoms with E-state index in [1.807, 2.05) is 6.08 Å². The maximum atomic E-state index is 15.2. The molecule has 0 fully saturated rings. The topological polar surface area (TPSA) is 102 Å². The fraction of sp³-hybridized carbons (Fsp3) is 0.460. The summed E-state index contributed by atoms with van der Waals surface area (Å²) in [5, 5.41) is 29.3. The molecule has 12 heteroatoms. The lowest BCUT2D eigenvalue weighted by atomic mass is 9.75. The standard InChI is InChI=1S/C50H63F3N4O3S2/c1-46(2,3)61(9,10)58-29-27-57(28-30-59-62(11,12)47(4,5)6)42-25-23-37(24-26-42)21-22-39-31-38(32-48(7,8)33-39)17-16-20-44-43(36-56)45(40(34-54)35-55)60-49(44,50(51,52)53)41-18-14-13-15-19-41/h13-26,31H,27-30,32-33H2,1-12H3/b20-16+,22-21+,38-17-/t49-/m1/s1. The molecule has 2 aromatic carbocycles. The molecule has 1 aliphatic carbocycles. The third kappa shape index (κ3) is 11.7. The Morgan fingerprint density at radius 1 is 0.790 bits per heavy atom. The second-order valence-electron chi connectivity index (χ2n) is 19.1. The maximum Gasteiger partial charge on any atom is 0.437 e. The molecule has 1 atom stereocenters. The molecule has 4 rings (SSSR count). The highest BCUT2D eigenvalue weighted by molar-refractivity contribution is 8.30. The van der Waals surface area contributed by atoms with E-state index in [2.05, 4.69) is 122 Å². The van der Waals surface area contributed by atoms with Gasteiger partial charge in [-0.25, -0.2) is 0 Å². The lowest BCUT2D eigenvalue weighted by Crippen LogP contribution is -2.43. The number of anilines is 1. The number of benzene rings is 2. The van der Waals surface area contributed by atoms with Crippen LogP contribution in [0.15, 0.2) is 119 Å². The number of hydrogen-bond donors (Lipinski definition) is 0. The van der Waals surface area contributed by atoms with Crippen LogP contribution in [0.25, 0.3) is 6.08 Å². The minimum atomic E-state index is -5.06. The Morgan fingerprint density at radius 2 is 1.34 bits per heavy atom. The van der Waals surface area contributed by atoms with E-state index in [1.54, 1.807) is 30.4 Å². The number of allylic oxidation sites excluding steroid dienone is 8. The quantitative estimate of drug-likeness (QED) is 0.174. The normalized spacial score (nSPS) is 19.8. The highest BCUT2D eigenvalue weighted by atomic mass is 32.3. The Balaban J connectivity index is 1.63. The van der Waals surface area contributed by atoms with Gasteiger partial charge < -0.3 is 18.0 Å². The van der Waals surface area contributed by atoms with Gasteiger partial charge in [0.15, 0.2) is 11.3 Å². The molecule has 0 bridgehead atoms. The number of ether oxygens (including phenoxy) is 1. The van der Waals surface area contributed by atoms with Crippen LogP contribution in [0.4, 0.5) is 18.9 Å². The van der Waals surface area contributed by atoms with E-state index in [1.165, 1.54) is 36.4 Å². The van der Waals surface area contributed by atoms with Crippen molar-refractivity contribution in [3.05, 3.63) is 130 Å². The minimum Gasteiger partial charge on any atom is -0.465 e. The van der Waals surface area contributed by atoms with Crippen molar-refractivity contribution in [3.63, 3.8) is 0 Å². The van der Waals surface area contributed by atoms with Crippen molar-refractivity contribution in [3.8, 4) is 18.2 Å². The molecular weight excluding hydrogens is 826 g/mol. The molecular formula is C50H63F3N4O3S2. The third-order valence-corrected chi connectivity index (χ3v) is 19.2. The maximum absolute atomic E-state index is 15.2. The van der Waals surface area contributed by atoms with Crippen LogP contribution in [-0.4, -0.2) is 67.0 Å². The molecule has 2 aromatic rings. The van der Waals surface area contributed by atoms with Crippen LogP contribution in [0.5, 0.6) is 0 Å². The van der Waals surface area contributed by atoms with Crippen molar-refractivity contribution >= 4 is 32.4 Å². The predicted octanol–water partition coefficient (Wildman–Crippen LogP) is 12.9. The van der Waals surface area contributed by atoms with Crippen LogP contribution < -0.4 is 4.90 Å². The van der Waals surface area contributed by atoms with E-state index < -0.39 is 54.9 Å². The highest BCUT2D eigenvalue weighted by Crippen LogP contribution is 2.57. The van der Waals surface area contributed by atoms with Gasteiger partial charge in [0.1, 0.15) is 23.8 Å².